The Hall–Kier alpha value is -1.56. The Labute approximate surface area is 99.5 Å². The summed E-state index contributed by atoms with van der Waals surface area (Å²) in [5.74, 6) is 0.679. The highest BCUT2D eigenvalue weighted by atomic mass is 16.2. The standard InChI is InChI=1S/C11H18N4O2/c1-4-5-15-6-8-9(12-7-15)13(2)11(17)14(3)10(8)16/h12H,4-7H2,1-3H3/p+1. The summed E-state index contributed by atoms with van der Waals surface area (Å²) in [6.45, 7) is 4.61. The molecule has 2 heterocycles. The molecule has 0 aromatic carbocycles. The minimum absolute atomic E-state index is 0.177. The Morgan fingerprint density at radius 2 is 2.00 bits per heavy atom. The molecule has 1 aromatic rings. The van der Waals surface area contributed by atoms with Gasteiger partial charge in [0.05, 0.1) is 6.54 Å². The predicted molar refractivity (Wildman–Crippen MR) is 65.2 cm³/mol. The van der Waals surface area contributed by atoms with Crippen molar-refractivity contribution in [2.45, 2.75) is 19.9 Å². The fourth-order valence-corrected chi connectivity index (χ4v) is 2.35. The minimum atomic E-state index is -0.278. The van der Waals surface area contributed by atoms with Crippen molar-refractivity contribution < 1.29 is 4.90 Å². The van der Waals surface area contributed by atoms with E-state index in [1.54, 1.807) is 7.05 Å². The normalized spacial score (nSPS) is 18.6. The molecule has 1 aromatic heterocycles. The molecule has 0 aliphatic carbocycles. The molecular formula is C11H19N4O2+. The molecule has 0 fully saturated rings. The van der Waals surface area contributed by atoms with Crippen LogP contribution in [-0.2, 0) is 20.6 Å². The Kier molecular flexibility index (Phi) is 3.06. The van der Waals surface area contributed by atoms with Crippen LogP contribution in [0.5, 0.6) is 0 Å². The van der Waals surface area contributed by atoms with Gasteiger partial charge in [-0.15, -0.1) is 0 Å². The first kappa shape index (κ1) is 11.9. The van der Waals surface area contributed by atoms with Crippen molar-refractivity contribution in [2.24, 2.45) is 14.1 Å². The highest BCUT2D eigenvalue weighted by molar-refractivity contribution is 5.43. The summed E-state index contributed by atoms with van der Waals surface area (Å²) in [6, 6.07) is 0. The Bertz CT molecular complexity index is 544. The molecule has 6 heteroatoms. The van der Waals surface area contributed by atoms with E-state index in [0.717, 1.165) is 19.6 Å². The first-order valence-corrected chi connectivity index (χ1v) is 5.92. The molecule has 0 saturated carbocycles. The second-order valence-electron chi connectivity index (χ2n) is 4.56. The number of quaternary nitrogens is 1. The van der Waals surface area contributed by atoms with E-state index in [9.17, 15) is 9.59 Å². The molecule has 17 heavy (non-hydrogen) atoms. The molecule has 94 valence electrons. The van der Waals surface area contributed by atoms with E-state index >= 15 is 0 Å². The van der Waals surface area contributed by atoms with Crippen LogP contribution < -0.4 is 21.5 Å². The van der Waals surface area contributed by atoms with Crippen molar-refractivity contribution in [3.05, 3.63) is 26.4 Å². The van der Waals surface area contributed by atoms with Crippen molar-refractivity contribution in [1.29, 1.82) is 0 Å². The van der Waals surface area contributed by atoms with Gasteiger partial charge in [-0.25, -0.2) is 4.79 Å². The SMILES string of the molecule is CCC[NH+]1CNc2c(c(=O)n(C)c(=O)n2C)C1. The predicted octanol–water partition coefficient (Wildman–Crippen LogP) is -1.74. The van der Waals surface area contributed by atoms with Crippen LogP contribution in [0.1, 0.15) is 18.9 Å². The molecule has 1 atom stereocenters. The molecule has 1 aliphatic heterocycles. The summed E-state index contributed by atoms with van der Waals surface area (Å²) in [7, 11) is 3.22. The van der Waals surface area contributed by atoms with E-state index in [0.29, 0.717) is 17.9 Å². The summed E-state index contributed by atoms with van der Waals surface area (Å²) < 4.78 is 2.69. The average Bonchev–Trinajstić information content (AvgIpc) is 2.34. The van der Waals surface area contributed by atoms with Crippen LogP contribution in [0, 0.1) is 0 Å². The third-order valence-corrected chi connectivity index (χ3v) is 3.29. The maximum absolute atomic E-state index is 12.0. The van der Waals surface area contributed by atoms with Crippen molar-refractivity contribution in [2.75, 3.05) is 18.5 Å². The van der Waals surface area contributed by atoms with Crippen LogP contribution in [0.3, 0.4) is 0 Å². The van der Waals surface area contributed by atoms with Crippen LogP contribution in [0.2, 0.25) is 0 Å². The molecule has 1 unspecified atom stereocenters. The molecule has 0 amide bonds. The Morgan fingerprint density at radius 3 is 2.65 bits per heavy atom. The van der Waals surface area contributed by atoms with Gasteiger partial charge in [-0.3, -0.25) is 13.9 Å². The molecule has 1 aliphatic rings. The van der Waals surface area contributed by atoms with Gasteiger partial charge >= 0.3 is 5.69 Å². The van der Waals surface area contributed by atoms with E-state index in [1.165, 1.54) is 21.1 Å². The van der Waals surface area contributed by atoms with Gasteiger partial charge in [-0.1, -0.05) is 6.92 Å². The van der Waals surface area contributed by atoms with Gasteiger partial charge in [0, 0.05) is 14.1 Å². The number of aromatic nitrogens is 2. The van der Waals surface area contributed by atoms with Gasteiger partial charge in [0.25, 0.3) is 5.56 Å². The maximum Gasteiger partial charge on any atom is 0.332 e. The van der Waals surface area contributed by atoms with Gasteiger partial charge in [-0.2, -0.15) is 0 Å². The summed E-state index contributed by atoms with van der Waals surface area (Å²) in [4.78, 5) is 25.1. The number of hydrogen-bond donors (Lipinski definition) is 2. The largest absolute Gasteiger partial charge is 0.332 e. The summed E-state index contributed by atoms with van der Waals surface area (Å²) in [6.07, 6.45) is 1.08. The minimum Gasteiger partial charge on any atom is -0.324 e. The third-order valence-electron chi connectivity index (χ3n) is 3.29. The summed E-state index contributed by atoms with van der Waals surface area (Å²) >= 11 is 0. The number of anilines is 1. The number of nitrogens with one attached hydrogen (secondary N) is 2. The first-order valence-electron chi connectivity index (χ1n) is 5.92. The van der Waals surface area contributed by atoms with Crippen molar-refractivity contribution in [1.82, 2.24) is 9.13 Å². The number of rotatable bonds is 2. The Morgan fingerprint density at radius 1 is 1.29 bits per heavy atom. The van der Waals surface area contributed by atoms with Crippen LogP contribution >= 0.6 is 0 Å². The fourth-order valence-electron chi connectivity index (χ4n) is 2.35. The van der Waals surface area contributed by atoms with Gasteiger partial charge in [-0.05, 0) is 6.42 Å². The number of fused-ring (bicyclic) bond motifs is 1. The second-order valence-corrected chi connectivity index (χ2v) is 4.56. The lowest BCUT2D eigenvalue weighted by atomic mass is 10.2. The molecule has 6 nitrogen and oxygen atoms in total. The van der Waals surface area contributed by atoms with Gasteiger partial charge < -0.3 is 10.2 Å². The number of nitrogens with zero attached hydrogens (tertiary/aromatic N) is 2. The van der Waals surface area contributed by atoms with Crippen LogP contribution in [-0.4, -0.2) is 22.3 Å². The van der Waals surface area contributed by atoms with Crippen LogP contribution in [0.15, 0.2) is 9.59 Å². The quantitative estimate of drug-likeness (QED) is 0.644. The van der Waals surface area contributed by atoms with Gasteiger partial charge in [0.15, 0.2) is 6.67 Å². The fraction of sp³-hybridized carbons (Fsp3) is 0.636. The molecule has 0 saturated heterocycles. The van der Waals surface area contributed by atoms with Gasteiger partial charge in [0.2, 0.25) is 0 Å². The van der Waals surface area contributed by atoms with E-state index < -0.39 is 0 Å². The van der Waals surface area contributed by atoms with Crippen LogP contribution in [0.25, 0.3) is 0 Å². The highest BCUT2D eigenvalue weighted by Gasteiger charge is 2.24. The van der Waals surface area contributed by atoms with Crippen molar-refractivity contribution >= 4 is 5.82 Å². The zero-order chi connectivity index (χ0) is 12.6. The summed E-state index contributed by atoms with van der Waals surface area (Å²) in [5, 5.41) is 3.19. The third kappa shape index (κ3) is 1.88. The van der Waals surface area contributed by atoms with E-state index in [4.69, 9.17) is 0 Å². The lowest BCUT2D eigenvalue weighted by molar-refractivity contribution is -0.912. The van der Waals surface area contributed by atoms with Crippen molar-refractivity contribution in [3.8, 4) is 0 Å². The lowest BCUT2D eigenvalue weighted by Crippen LogP contribution is -3.12. The monoisotopic (exact) mass is 239 g/mol. The highest BCUT2D eigenvalue weighted by Crippen LogP contribution is 2.08. The van der Waals surface area contributed by atoms with E-state index in [1.807, 2.05) is 0 Å². The molecular weight excluding hydrogens is 220 g/mol. The maximum atomic E-state index is 12.0. The smallest absolute Gasteiger partial charge is 0.324 e. The second kappa shape index (κ2) is 4.37. The van der Waals surface area contributed by atoms with Crippen LogP contribution in [0.4, 0.5) is 5.82 Å². The zero-order valence-electron chi connectivity index (χ0n) is 10.5. The lowest BCUT2D eigenvalue weighted by Gasteiger charge is -2.27. The van der Waals surface area contributed by atoms with Crippen molar-refractivity contribution in [3.63, 3.8) is 0 Å². The molecule has 2 N–H and O–H groups in total. The van der Waals surface area contributed by atoms with Gasteiger partial charge in [0.1, 0.15) is 17.9 Å². The average molecular weight is 239 g/mol. The molecule has 0 bridgehead atoms. The van der Waals surface area contributed by atoms with E-state index in [-0.39, 0.29) is 11.2 Å². The molecule has 2 rings (SSSR count). The number of hydrogen-bond acceptors (Lipinski definition) is 3. The van der Waals surface area contributed by atoms with E-state index in [2.05, 4.69) is 12.2 Å². The zero-order valence-corrected chi connectivity index (χ0v) is 10.5. The summed E-state index contributed by atoms with van der Waals surface area (Å²) in [5.41, 5.74) is 0.258. The topological polar surface area (TPSA) is 60.5 Å². The Balaban J connectivity index is 2.52. The first-order chi connectivity index (χ1) is 8.06. The molecule has 0 spiro atoms. The molecule has 0 radical (unpaired) electrons.